The minimum atomic E-state index is -3.37. The van der Waals surface area contributed by atoms with E-state index in [1.807, 2.05) is 12.3 Å². The van der Waals surface area contributed by atoms with Gasteiger partial charge in [0.05, 0.1) is 6.04 Å². The molecule has 0 aliphatic rings. The Hall–Kier alpha value is -0.170. The molecule has 1 heterocycles. The Balaban J connectivity index is 2.75. The molecule has 0 aliphatic heterocycles. The lowest BCUT2D eigenvalue weighted by atomic mass is 10.3. The SMILES string of the molecule is CCC(NS(=O)(=O)CCl)c1nccs1. The maximum Gasteiger partial charge on any atom is 0.226 e. The molecule has 14 heavy (non-hydrogen) atoms. The van der Waals surface area contributed by atoms with Gasteiger partial charge in [-0.1, -0.05) is 6.92 Å². The van der Waals surface area contributed by atoms with Crippen LogP contribution in [0.1, 0.15) is 24.4 Å². The Kier molecular flexibility index (Phi) is 4.31. The van der Waals surface area contributed by atoms with Crippen LogP contribution in [0.5, 0.6) is 0 Å². The molecule has 4 nitrogen and oxygen atoms in total. The number of hydrogen-bond donors (Lipinski definition) is 1. The van der Waals surface area contributed by atoms with Gasteiger partial charge in [0.25, 0.3) is 0 Å². The molecule has 80 valence electrons. The second-order valence-corrected chi connectivity index (χ2v) is 5.94. The summed E-state index contributed by atoms with van der Waals surface area (Å²) in [6.45, 7) is 1.89. The molecule has 0 aromatic carbocycles. The zero-order valence-corrected chi connectivity index (χ0v) is 9.99. The number of rotatable bonds is 5. The quantitative estimate of drug-likeness (QED) is 0.814. The van der Waals surface area contributed by atoms with Crippen molar-refractivity contribution in [2.24, 2.45) is 0 Å². The number of aromatic nitrogens is 1. The van der Waals surface area contributed by atoms with Crippen LogP contribution in [-0.2, 0) is 10.0 Å². The summed E-state index contributed by atoms with van der Waals surface area (Å²) in [5.41, 5.74) is 0. The van der Waals surface area contributed by atoms with E-state index in [-0.39, 0.29) is 6.04 Å². The number of nitrogens with zero attached hydrogens (tertiary/aromatic N) is 1. The number of alkyl halides is 1. The van der Waals surface area contributed by atoms with Gasteiger partial charge in [-0.15, -0.1) is 22.9 Å². The van der Waals surface area contributed by atoms with Crippen molar-refractivity contribution in [3.63, 3.8) is 0 Å². The van der Waals surface area contributed by atoms with Gasteiger partial charge < -0.3 is 0 Å². The van der Waals surface area contributed by atoms with Crippen LogP contribution in [0, 0.1) is 0 Å². The van der Waals surface area contributed by atoms with Gasteiger partial charge in [0.2, 0.25) is 10.0 Å². The van der Waals surface area contributed by atoms with Crippen molar-refractivity contribution in [2.45, 2.75) is 19.4 Å². The lowest BCUT2D eigenvalue weighted by molar-refractivity contribution is 0.553. The molecule has 1 aromatic heterocycles. The Morgan fingerprint density at radius 3 is 2.86 bits per heavy atom. The van der Waals surface area contributed by atoms with E-state index in [1.54, 1.807) is 6.20 Å². The molecule has 1 N–H and O–H groups in total. The standard InChI is InChI=1S/C7H11ClN2O2S2/c1-2-6(7-9-3-4-13-7)10-14(11,12)5-8/h3-4,6,10H,2,5H2,1H3. The van der Waals surface area contributed by atoms with Crippen molar-refractivity contribution in [3.8, 4) is 0 Å². The molecular formula is C7H11ClN2O2S2. The van der Waals surface area contributed by atoms with Crippen molar-refractivity contribution >= 4 is 33.0 Å². The molecule has 7 heteroatoms. The van der Waals surface area contributed by atoms with Crippen LogP contribution in [0.4, 0.5) is 0 Å². The topological polar surface area (TPSA) is 59.1 Å². The monoisotopic (exact) mass is 254 g/mol. The van der Waals surface area contributed by atoms with Crippen LogP contribution in [0.2, 0.25) is 0 Å². The first kappa shape index (κ1) is 11.9. The average Bonchev–Trinajstić information content (AvgIpc) is 2.67. The number of hydrogen-bond acceptors (Lipinski definition) is 4. The van der Waals surface area contributed by atoms with Gasteiger partial charge in [0, 0.05) is 11.6 Å². The van der Waals surface area contributed by atoms with Gasteiger partial charge in [-0.05, 0) is 6.42 Å². The second-order valence-electron chi connectivity index (χ2n) is 2.67. The summed E-state index contributed by atoms with van der Waals surface area (Å²) in [6, 6.07) is -0.265. The van der Waals surface area contributed by atoms with E-state index in [0.717, 1.165) is 5.01 Å². The molecule has 0 fully saturated rings. The highest BCUT2D eigenvalue weighted by atomic mass is 35.5. The summed E-state index contributed by atoms with van der Waals surface area (Å²) in [5, 5.41) is 2.16. The van der Waals surface area contributed by atoms with Gasteiger partial charge in [0.1, 0.15) is 10.2 Å². The van der Waals surface area contributed by atoms with Crippen molar-refractivity contribution < 1.29 is 8.42 Å². The Morgan fingerprint density at radius 1 is 1.71 bits per heavy atom. The molecule has 0 aliphatic carbocycles. The molecule has 0 saturated carbocycles. The average molecular weight is 255 g/mol. The minimum absolute atomic E-state index is 0.265. The van der Waals surface area contributed by atoms with E-state index in [9.17, 15) is 8.42 Å². The number of halogens is 1. The fourth-order valence-corrected chi connectivity index (χ4v) is 2.77. The normalized spacial score (nSPS) is 14.1. The maximum absolute atomic E-state index is 11.2. The van der Waals surface area contributed by atoms with Crippen LogP contribution >= 0.6 is 22.9 Å². The number of sulfonamides is 1. The first-order valence-corrected chi connectivity index (χ1v) is 7.11. The van der Waals surface area contributed by atoms with Crippen LogP contribution in [0.15, 0.2) is 11.6 Å². The zero-order chi connectivity index (χ0) is 10.6. The zero-order valence-electron chi connectivity index (χ0n) is 7.60. The summed E-state index contributed by atoms with van der Waals surface area (Å²) >= 11 is 6.71. The molecule has 0 spiro atoms. The maximum atomic E-state index is 11.2. The third-order valence-corrected chi connectivity index (χ3v) is 4.31. The minimum Gasteiger partial charge on any atom is -0.248 e. The molecule has 1 aromatic rings. The summed E-state index contributed by atoms with van der Waals surface area (Å²) in [7, 11) is -3.37. The molecule has 0 saturated heterocycles. The van der Waals surface area contributed by atoms with E-state index in [0.29, 0.717) is 6.42 Å². The lowest BCUT2D eigenvalue weighted by Gasteiger charge is -2.12. The van der Waals surface area contributed by atoms with Gasteiger partial charge >= 0.3 is 0 Å². The smallest absolute Gasteiger partial charge is 0.226 e. The molecule has 1 unspecified atom stereocenters. The second kappa shape index (κ2) is 5.06. The van der Waals surface area contributed by atoms with Crippen LogP contribution < -0.4 is 4.72 Å². The van der Waals surface area contributed by atoms with Crippen molar-refractivity contribution in [2.75, 3.05) is 5.21 Å². The van der Waals surface area contributed by atoms with E-state index in [1.165, 1.54) is 11.3 Å². The van der Waals surface area contributed by atoms with Crippen LogP contribution in [0.25, 0.3) is 0 Å². The lowest BCUT2D eigenvalue weighted by Crippen LogP contribution is -2.28. The Bertz CT molecular complexity index is 363. The molecule has 0 bridgehead atoms. The Morgan fingerprint density at radius 2 is 2.43 bits per heavy atom. The van der Waals surface area contributed by atoms with E-state index >= 15 is 0 Å². The van der Waals surface area contributed by atoms with Gasteiger partial charge in [-0.3, -0.25) is 0 Å². The predicted octanol–water partition coefficient (Wildman–Crippen LogP) is 1.71. The summed E-state index contributed by atoms with van der Waals surface area (Å²) in [4.78, 5) is 4.05. The summed E-state index contributed by atoms with van der Waals surface area (Å²) < 4.78 is 24.9. The predicted molar refractivity (Wildman–Crippen MR) is 57.9 cm³/mol. The first-order chi connectivity index (χ1) is 6.59. The third-order valence-electron chi connectivity index (χ3n) is 1.62. The first-order valence-electron chi connectivity index (χ1n) is 4.04. The molecule has 0 amide bonds. The third kappa shape index (κ3) is 3.20. The summed E-state index contributed by atoms with van der Waals surface area (Å²) in [5.74, 6) is 0. The van der Waals surface area contributed by atoms with E-state index < -0.39 is 15.2 Å². The van der Waals surface area contributed by atoms with Crippen molar-refractivity contribution in [3.05, 3.63) is 16.6 Å². The molecule has 0 radical (unpaired) electrons. The van der Waals surface area contributed by atoms with E-state index in [2.05, 4.69) is 9.71 Å². The highest BCUT2D eigenvalue weighted by Crippen LogP contribution is 2.19. The molecule has 1 atom stereocenters. The van der Waals surface area contributed by atoms with Gasteiger partial charge in [0.15, 0.2) is 0 Å². The number of thiazole rings is 1. The van der Waals surface area contributed by atoms with E-state index in [4.69, 9.17) is 11.6 Å². The van der Waals surface area contributed by atoms with Crippen molar-refractivity contribution in [1.82, 2.24) is 9.71 Å². The molecule has 1 rings (SSSR count). The molecular weight excluding hydrogens is 244 g/mol. The van der Waals surface area contributed by atoms with Crippen LogP contribution in [-0.4, -0.2) is 18.6 Å². The van der Waals surface area contributed by atoms with Gasteiger partial charge in [-0.25, -0.2) is 18.1 Å². The summed E-state index contributed by atoms with van der Waals surface area (Å²) in [6.07, 6.45) is 2.31. The highest BCUT2D eigenvalue weighted by molar-refractivity contribution is 7.90. The fourth-order valence-electron chi connectivity index (χ4n) is 0.963. The largest absolute Gasteiger partial charge is 0.248 e. The van der Waals surface area contributed by atoms with Crippen LogP contribution in [0.3, 0.4) is 0 Å². The van der Waals surface area contributed by atoms with Gasteiger partial charge in [-0.2, -0.15) is 0 Å². The fraction of sp³-hybridized carbons (Fsp3) is 0.571. The Labute approximate surface area is 92.4 Å². The highest BCUT2D eigenvalue weighted by Gasteiger charge is 2.18. The number of nitrogens with one attached hydrogen (secondary N) is 1. The van der Waals surface area contributed by atoms with Crippen molar-refractivity contribution in [1.29, 1.82) is 0 Å².